The Kier molecular flexibility index (Phi) is 4.12. The third kappa shape index (κ3) is 4.26. The van der Waals surface area contributed by atoms with E-state index >= 15 is 0 Å². The standard InChI is InChI=1S/C5H9FN2O3/c6-8-3(5(10)11)1-2-4(7)9/h3,8H,1-2H2,(H2,7,9)(H,10,11)/t3-/m0/s1. The average molecular weight is 164 g/mol. The summed E-state index contributed by atoms with van der Waals surface area (Å²) in [5.74, 6) is -1.99. The van der Waals surface area contributed by atoms with E-state index in [2.05, 4.69) is 0 Å². The third-order valence-corrected chi connectivity index (χ3v) is 1.11. The van der Waals surface area contributed by atoms with Gasteiger partial charge < -0.3 is 10.8 Å². The lowest BCUT2D eigenvalue weighted by Crippen LogP contribution is -2.32. The fourth-order valence-corrected chi connectivity index (χ4v) is 0.511. The summed E-state index contributed by atoms with van der Waals surface area (Å²) in [6.45, 7) is 0. The fourth-order valence-electron chi connectivity index (χ4n) is 0.511. The molecule has 5 nitrogen and oxygen atoms in total. The van der Waals surface area contributed by atoms with Gasteiger partial charge in [0.15, 0.2) is 0 Å². The number of carboxylic acids is 1. The number of carboxylic acid groups (broad SMARTS) is 1. The number of carbonyl (C=O) groups excluding carboxylic acids is 1. The number of carbonyl (C=O) groups is 2. The van der Waals surface area contributed by atoms with E-state index < -0.39 is 17.9 Å². The van der Waals surface area contributed by atoms with Crippen molar-refractivity contribution in [3.63, 3.8) is 0 Å². The van der Waals surface area contributed by atoms with Gasteiger partial charge >= 0.3 is 5.97 Å². The van der Waals surface area contributed by atoms with Crippen LogP contribution >= 0.6 is 0 Å². The highest BCUT2D eigenvalue weighted by molar-refractivity contribution is 5.77. The molecule has 0 aliphatic heterocycles. The van der Waals surface area contributed by atoms with E-state index in [1.165, 1.54) is 0 Å². The SMILES string of the molecule is NC(=O)CC[C@H](NF)C(=O)O. The Morgan fingerprint density at radius 2 is 2.18 bits per heavy atom. The number of primary amides is 1. The van der Waals surface area contributed by atoms with Gasteiger partial charge in [-0.3, -0.25) is 9.59 Å². The van der Waals surface area contributed by atoms with Gasteiger partial charge in [0.25, 0.3) is 0 Å². The van der Waals surface area contributed by atoms with Gasteiger partial charge in [-0.05, 0) is 6.42 Å². The van der Waals surface area contributed by atoms with Crippen molar-refractivity contribution in [3.05, 3.63) is 0 Å². The highest BCUT2D eigenvalue weighted by Crippen LogP contribution is 1.96. The predicted octanol–water partition coefficient (Wildman–Crippen LogP) is -0.821. The van der Waals surface area contributed by atoms with Gasteiger partial charge in [-0.25, -0.2) is 0 Å². The van der Waals surface area contributed by atoms with Crippen LogP contribution in [0.1, 0.15) is 12.8 Å². The lowest BCUT2D eigenvalue weighted by molar-refractivity contribution is -0.141. The fraction of sp³-hybridized carbons (Fsp3) is 0.600. The average Bonchev–Trinajstić information content (AvgIpc) is 1.87. The number of nitrogens with two attached hydrogens (primary N) is 1. The van der Waals surface area contributed by atoms with Crippen molar-refractivity contribution in [2.75, 3.05) is 0 Å². The van der Waals surface area contributed by atoms with Crippen molar-refractivity contribution in [1.82, 2.24) is 5.54 Å². The van der Waals surface area contributed by atoms with E-state index in [0.29, 0.717) is 0 Å². The van der Waals surface area contributed by atoms with Crippen LogP contribution in [0.15, 0.2) is 0 Å². The Labute approximate surface area is 62.3 Å². The number of halogens is 1. The van der Waals surface area contributed by atoms with Gasteiger partial charge in [0, 0.05) is 6.42 Å². The molecule has 0 bridgehead atoms. The van der Waals surface area contributed by atoms with Crippen molar-refractivity contribution in [2.45, 2.75) is 18.9 Å². The molecule has 1 amide bonds. The Morgan fingerprint density at radius 1 is 1.64 bits per heavy atom. The first-order valence-corrected chi connectivity index (χ1v) is 2.95. The zero-order valence-electron chi connectivity index (χ0n) is 5.71. The van der Waals surface area contributed by atoms with Gasteiger partial charge in [0.1, 0.15) is 6.04 Å². The molecule has 0 saturated carbocycles. The molecular weight excluding hydrogens is 155 g/mol. The summed E-state index contributed by atoms with van der Waals surface area (Å²) in [6.07, 6.45) is -0.283. The van der Waals surface area contributed by atoms with Crippen molar-refractivity contribution < 1.29 is 19.2 Å². The quantitative estimate of drug-likeness (QED) is 0.463. The molecule has 0 unspecified atom stereocenters. The van der Waals surface area contributed by atoms with Crippen LogP contribution in [0, 0.1) is 0 Å². The molecule has 0 aliphatic carbocycles. The van der Waals surface area contributed by atoms with E-state index in [1.807, 2.05) is 0 Å². The van der Waals surface area contributed by atoms with Crippen LogP contribution in [0.3, 0.4) is 0 Å². The van der Waals surface area contributed by atoms with Crippen LogP contribution in [0.5, 0.6) is 0 Å². The minimum absolute atomic E-state index is 0.138. The molecule has 0 aromatic carbocycles. The largest absolute Gasteiger partial charge is 0.480 e. The van der Waals surface area contributed by atoms with Gasteiger partial charge in [0.05, 0.1) is 0 Å². The van der Waals surface area contributed by atoms with Crippen LogP contribution < -0.4 is 11.3 Å². The van der Waals surface area contributed by atoms with E-state index in [0.717, 1.165) is 5.54 Å². The number of amides is 1. The normalized spacial score (nSPS) is 12.5. The van der Waals surface area contributed by atoms with E-state index in [4.69, 9.17) is 10.8 Å². The molecule has 0 radical (unpaired) electrons. The molecule has 6 heteroatoms. The smallest absolute Gasteiger partial charge is 0.323 e. The second-order valence-corrected chi connectivity index (χ2v) is 2.00. The minimum atomic E-state index is -1.34. The summed E-state index contributed by atoms with van der Waals surface area (Å²) in [5, 5.41) is 8.23. The highest BCUT2D eigenvalue weighted by Gasteiger charge is 2.16. The number of hydrogen-bond acceptors (Lipinski definition) is 3. The molecule has 11 heavy (non-hydrogen) atoms. The maximum Gasteiger partial charge on any atom is 0.323 e. The summed E-state index contributed by atoms with van der Waals surface area (Å²) < 4.78 is 11.6. The molecule has 1 atom stereocenters. The Hall–Kier alpha value is -1.17. The van der Waals surface area contributed by atoms with Gasteiger partial charge in [0.2, 0.25) is 5.91 Å². The summed E-state index contributed by atoms with van der Waals surface area (Å²) in [5.41, 5.74) is 5.76. The third-order valence-electron chi connectivity index (χ3n) is 1.11. The lowest BCUT2D eigenvalue weighted by Gasteiger charge is -2.05. The van der Waals surface area contributed by atoms with Crippen LogP contribution in [0.2, 0.25) is 0 Å². The maximum atomic E-state index is 11.6. The molecule has 0 aromatic heterocycles. The summed E-state index contributed by atoms with van der Waals surface area (Å²) in [6, 6.07) is -1.34. The van der Waals surface area contributed by atoms with Crippen molar-refractivity contribution in [3.8, 4) is 0 Å². The molecule has 0 aromatic rings. The van der Waals surface area contributed by atoms with E-state index in [1.54, 1.807) is 0 Å². The molecule has 64 valence electrons. The lowest BCUT2D eigenvalue weighted by atomic mass is 10.2. The van der Waals surface area contributed by atoms with E-state index in [9.17, 15) is 14.1 Å². The molecule has 0 saturated heterocycles. The molecule has 0 heterocycles. The van der Waals surface area contributed by atoms with Gasteiger partial charge in [-0.1, -0.05) is 0 Å². The van der Waals surface area contributed by atoms with Crippen LogP contribution in [0.4, 0.5) is 4.48 Å². The Balaban J connectivity index is 3.70. The highest BCUT2D eigenvalue weighted by atomic mass is 19.2. The Morgan fingerprint density at radius 3 is 2.45 bits per heavy atom. The maximum absolute atomic E-state index is 11.6. The van der Waals surface area contributed by atoms with Crippen LogP contribution in [0.25, 0.3) is 0 Å². The van der Waals surface area contributed by atoms with Crippen molar-refractivity contribution in [2.24, 2.45) is 5.73 Å². The Bertz CT molecular complexity index is 162. The van der Waals surface area contributed by atoms with Gasteiger partial charge in [-0.2, -0.15) is 0 Å². The molecule has 0 aliphatic rings. The van der Waals surface area contributed by atoms with Gasteiger partial charge in [-0.15, -0.1) is 10.0 Å². The summed E-state index contributed by atoms with van der Waals surface area (Å²) in [7, 11) is 0. The van der Waals surface area contributed by atoms with Crippen LogP contribution in [-0.2, 0) is 9.59 Å². The second kappa shape index (κ2) is 4.62. The zero-order chi connectivity index (χ0) is 8.85. The number of aliphatic carboxylic acids is 1. The summed E-state index contributed by atoms with van der Waals surface area (Å²) >= 11 is 0. The number of rotatable bonds is 5. The number of nitrogens with one attached hydrogen (secondary N) is 1. The topological polar surface area (TPSA) is 92.4 Å². The predicted molar refractivity (Wildman–Crippen MR) is 34.1 cm³/mol. The van der Waals surface area contributed by atoms with Crippen LogP contribution in [-0.4, -0.2) is 23.0 Å². The zero-order valence-corrected chi connectivity index (χ0v) is 5.71. The first-order chi connectivity index (χ1) is 5.07. The number of hydrogen-bond donors (Lipinski definition) is 3. The first-order valence-electron chi connectivity index (χ1n) is 2.95. The molecule has 0 fully saturated rings. The minimum Gasteiger partial charge on any atom is -0.480 e. The van der Waals surface area contributed by atoms with Crippen molar-refractivity contribution >= 4 is 11.9 Å². The second-order valence-electron chi connectivity index (χ2n) is 2.00. The molecule has 0 rings (SSSR count). The molecule has 0 spiro atoms. The summed E-state index contributed by atoms with van der Waals surface area (Å²) in [4.78, 5) is 20.2. The monoisotopic (exact) mass is 164 g/mol. The van der Waals surface area contributed by atoms with Crippen molar-refractivity contribution in [1.29, 1.82) is 0 Å². The first kappa shape index (κ1) is 9.83. The molecule has 4 N–H and O–H groups in total. The molecular formula is C5H9FN2O3. The van der Waals surface area contributed by atoms with E-state index in [-0.39, 0.29) is 12.8 Å².